The molecule has 2 aliphatic heterocycles. The quantitative estimate of drug-likeness (QED) is 0.680. The number of nitrogens with zero attached hydrogens (tertiary/aromatic N) is 2. The molecular weight excluding hydrogens is 432 g/mol. The number of nitrogens with one attached hydrogen (secondary N) is 2. The first kappa shape index (κ1) is 23.8. The van der Waals surface area contributed by atoms with Gasteiger partial charge in [-0.05, 0) is 44.7 Å². The molecule has 2 N–H and O–H groups in total. The van der Waals surface area contributed by atoms with E-state index in [2.05, 4.69) is 5.32 Å². The molecule has 2 saturated heterocycles. The summed E-state index contributed by atoms with van der Waals surface area (Å²) in [6.45, 7) is 2.21. The molecule has 11 heteroatoms. The van der Waals surface area contributed by atoms with Gasteiger partial charge in [0.05, 0.1) is 0 Å². The van der Waals surface area contributed by atoms with E-state index in [1.54, 1.807) is 10.2 Å². The lowest BCUT2D eigenvalue weighted by Crippen LogP contribution is -2.47. The van der Waals surface area contributed by atoms with Crippen LogP contribution in [0.5, 0.6) is 0 Å². The molecule has 1 aromatic carbocycles. The molecule has 0 saturated carbocycles. The largest absolute Gasteiger partial charge is 0.405 e. The number of carbonyl (C=O) groups excluding carboxylic acids is 3. The first-order valence-corrected chi connectivity index (χ1v) is 10.5. The number of anilines is 1. The Morgan fingerprint density at radius 2 is 1.62 bits per heavy atom. The molecule has 32 heavy (non-hydrogen) atoms. The fourth-order valence-corrected chi connectivity index (χ4v) is 3.90. The summed E-state index contributed by atoms with van der Waals surface area (Å²) in [4.78, 5) is 40.7. The van der Waals surface area contributed by atoms with Crippen molar-refractivity contribution in [1.29, 1.82) is 0 Å². The van der Waals surface area contributed by atoms with Crippen molar-refractivity contribution < 1.29 is 31.9 Å². The number of carbonyl (C=O) groups is 3. The summed E-state index contributed by atoms with van der Waals surface area (Å²) < 4.78 is 51.2. The Bertz CT molecular complexity index is 877. The summed E-state index contributed by atoms with van der Waals surface area (Å²) in [5.41, 5.74) is -0.214. The molecule has 3 rings (SSSR count). The number of alkyl halides is 3. The number of hydrogen-bond donors (Lipinski definition) is 2. The van der Waals surface area contributed by atoms with Crippen LogP contribution in [0.2, 0.25) is 0 Å². The van der Waals surface area contributed by atoms with Gasteiger partial charge in [-0.2, -0.15) is 13.2 Å². The maximum Gasteiger partial charge on any atom is 0.405 e. The van der Waals surface area contributed by atoms with Crippen LogP contribution in [-0.4, -0.2) is 66.5 Å². The molecule has 2 fully saturated rings. The molecule has 0 atom stereocenters. The fourth-order valence-electron chi connectivity index (χ4n) is 3.90. The zero-order valence-corrected chi connectivity index (χ0v) is 17.7. The first-order valence-electron chi connectivity index (χ1n) is 10.5. The van der Waals surface area contributed by atoms with Crippen LogP contribution in [0.3, 0.4) is 0 Å². The van der Waals surface area contributed by atoms with Crippen LogP contribution in [0, 0.1) is 18.7 Å². The van der Waals surface area contributed by atoms with Crippen LogP contribution in [0.1, 0.15) is 41.6 Å². The number of benzene rings is 1. The summed E-state index contributed by atoms with van der Waals surface area (Å²) in [6, 6.07) is 1.98. The second-order valence-corrected chi connectivity index (χ2v) is 8.16. The number of likely N-dealkylation sites (tertiary alicyclic amines) is 2. The zero-order valence-electron chi connectivity index (χ0n) is 17.7. The van der Waals surface area contributed by atoms with E-state index in [0.717, 1.165) is 38.1 Å². The zero-order chi connectivity index (χ0) is 23.5. The summed E-state index contributed by atoms with van der Waals surface area (Å²) in [7, 11) is 0. The normalized spacial score (nSPS) is 17.4. The molecule has 7 nitrogen and oxygen atoms in total. The molecule has 0 radical (unpaired) electrons. The third kappa shape index (κ3) is 5.89. The molecule has 0 unspecified atom stereocenters. The molecule has 0 bridgehead atoms. The summed E-state index contributed by atoms with van der Waals surface area (Å²) in [6.07, 6.45) is -1.72. The van der Waals surface area contributed by atoms with E-state index in [1.807, 2.05) is 4.90 Å². The molecule has 0 aliphatic carbocycles. The van der Waals surface area contributed by atoms with Crippen LogP contribution in [0.4, 0.5) is 28.0 Å². The maximum atomic E-state index is 14.3. The van der Waals surface area contributed by atoms with Crippen LogP contribution in [-0.2, 0) is 4.79 Å². The molecule has 2 aliphatic rings. The highest BCUT2D eigenvalue weighted by Crippen LogP contribution is 2.25. The molecule has 0 aromatic heterocycles. The van der Waals surface area contributed by atoms with Crippen molar-refractivity contribution in [1.82, 2.24) is 15.1 Å². The monoisotopic (exact) mass is 458 g/mol. The van der Waals surface area contributed by atoms with Gasteiger partial charge in [0.1, 0.15) is 12.4 Å². The number of halogens is 4. The standard InChI is InChI=1S/C21H26F4N4O3/c1-13-16(22)10-15(18(30)26-12-21(23,24)25)11-17(13)27-19(31)14-4-8-29(9-5-14)20(32)28-6-2-3-7-28/h10-11,14H,2-9,12H2,1H3,(H,26,30)(H,27,31). The van der Waals surface area contributed by atoms with Gasteiger partial charge < -0.3 is 20.4 Å². The SMILES string of the molecule is Cc1c(F)cc(C(=O)NCC(F)(F)F)cc1NC(=O)C1CCN(C(=O)N2CCCC2)CC1. The van der Waals surface area contributed by atoms with Crippen molar-refractivity contribution in [2.45, 2.75) is 38.8 Å². The van der Waals surface area contributed by atoms with Gasteiger partial charge in [0.2, 0.25) is 5.91 Å². The van der Waals surface area contributed by atoms with E-state index >= 15 is 0 Å². The van der Waals surface area contributed by atoms with Gasteiger partial charge in [-0.3, -0.25) is 9.59 Å². The summed E-state index contributed by atoms with van der Waals surface area (Å²) >= 11 is 0. The summed E-state index contributed by atoms with van der Waals surface area (Å²) in [5.74, 6) is -2.69. The van der Waals surface area contributed by atoms with Crippen molar-refractivity contribution >= 4 is 23.5 Å². The van der Waals surface area contributed by atoms with Crippen molar-refractivity contribution in [3.8, 4) is 0 Å². The second kappa shape index (κ2) is 9.74. The van der Waals surface area contributed by atoms with E-state index in [-0.39, 0.29) is 28.8 Å². The Hall–Kier alpha value is -2.85. The van der Waals surface area contributed by atoms with Gasteiger partial charge in [0.15, 0.2) is 0 Å². The Morgan fingerprint density at radius 1 is 1.03 bits per heavy atom. The lowest BCUT2D eigenvalue weighted by atomic mass is 9.95. The molecule has 176 valence electrons. The minimum atomic E-state index is -4.60. The maximum absolute atomic E-state index is 14.3. The first-order chi connectivity index (χ1) is 15.0. The predicted molar refractivity (Wildman–Crippen MR) is 109 cm³/mol. The lowest BCUT2D eigenvalue weighted by Gasteiger charge is -2.34. The van der Waals surface area contributed by atoms with Gasteiger partial charge in [-0.15, -0.1) is 0 Å². The average Bonchev–Trinajstić information content (AvgIpc) is 3.29. The number of piperidine rings is 1. The highest BCUT2D eigenvalue weighted by Gasteiger charge is 2.31. The average molecular weight is 458 g/mol. The van der Waals surface area contributed by atoms with Gasteiger partial charge in [0, 0.05) is 48.9 Å². The Balaban J connectivity index is 1.60. The fraction of sp³-hybridized carbons (Fsp3) is 0.571. The number of rotatable bonds is 4. The molecule has 1 aromatic rings. The minimum absolute atomic E-state index is 0.0168. The van der Waals surface area contributed by atoms with Crippen LogP contribution >= 0.6 is 0 Å². The van der Waals surface area contributed by atoms with Gasteiger partial charge in [-0.25, -0.2) is 9.18 Å². The highest BCUT2D eigenvalue weighted by molar-refractivity contribution is 5.98. The minimum Gasteiger partial charge on any atom is -0.343 e. The number of hydrogen-bond acceptors (Lipinski definition) is 3. The van der Waals surface area contributed by atoms with Gasteiger partial charge in [0.25, 0.3) is 5.91 Å². The third-order valence-corrected chi connectivity index (χ3v) is 5.83. The Labute approximate surface area is 183 Å². The van der Waals surface area contributed by atoms with Crippen LogP contribution < -0.4 is 10.6 Å². The third-order valence-electron chi connectivity index (χ3n) is 5.83. The smallest absolute Gasteiger partial charge is 0.343 e. The molecular formula is C21H26F4N4O3. The van der Waals surface area contributed by atoms with E-state index < -0.39 is 30.4 Å². The van der Waals surface area contributed by atoms with E-state index in [0.29, 0.717) is 25.9 Å². The second-order valence-electron chi connectivity index (χ2n) is 8.16. The van der Waals surface area contributed by atoms with Gasteiger partial charge in [-0.1, -0.05) is 0 Å². The lowest BCUT2D eigenvalue weighted by molar-refractivity contribution is -0.123. The molecule has 0 spiro atoms. The van der Waals surface area contributed by atoms with Crippen molar-refractivity contribution in [3.63, 3.8) is 0 Å². The van der Waals surface area contributed by atoms with Gasteiger partial charge >= 0.3 is 12.2 Å². The van der Waals surface area contributed by atoms with Crippen molar-refractivity contribution in [3.05, 3.63) is 29.1 Å². The number of amides is 4. The van der Waals surface area contributed by atoms with Crippen molar-refractivity contribution in [2.75, 3.05) is 38.0 Å². The molecule has 2 heterocycles. The predicted octanol–water partition coefficient (Wildman–Crippen LogP) is 3.29. The van der Waals surface area contributed by atoms with E-state index in [9.17, 15) is 31.9 Å². The van der Waals surface area contributed by atoms with Crippen molar-refractivity contribution in [2.24, 2.45) is 5.92 Å². The van der Waals surface area contributed by atoms with Crippen LogP contribution in [0.15, 0.2) is 12.1 Å². The Kier molecular flexibility index (Phi) is 7.25. The summed E-state index contributed by atoms with van der Waals surface area (Å²) in [5, 5.41) is 4.28. The van der Waals surface area contributed by atoms with E-state index in [1.165, 1.54) is 6.92 Å². The van der Waals surface area contributed by atoms with Crippen LogP contribution in [0.25, 0.3) is 0 Å². The molecule has 4 amide bonds. The van der Waals surface area contributed by atoms with E-state index in [4.69, 9.17) is 0 Å². The highest BCUT2D eigenvalue weighted by atomic mass is 19.4. The topological polar surface area (TPSA) is 81.8 Å². The number of urea groups is 1. The Morgan fingerprint density at radius 3 is 2.22 bits per heavy atom.